The van der Waals surface area contributed by atoms with E-state index in [1.807, 2.05) is 6.07 Å². The van der Waals surface area contributed by atoms with E-state index in [1.54, 1.807) is 50.6 Å². The highest BCUT2D eigenvalue weighted by molar-refractivity contribution is 6.06. The molecule has 26 heavy (non-hydrogen) atoms. The van der Waals surface area contributed by atoms with Crippen molar-refractivity contribution in [3.05, 3.63) is 54.0 Å². The van der Waals surface area contributed by atoms with Crippen LogP contribution in [0.2, 0.25) is 0 Å². The molecular weight excluding hydrogens is 336 g/mol. The first-order valence-corrected chi connectivity index (χ1v) is 7.96. The number of ether oxygens (including phenoxy) is 2. The molecule has 2 aromatic heterocycles. The molecule has 0 spiro atoms. The van der Waals surface area contributed by atoms with Gasteiger partial charge in [0, 0.05) is 31.5 Å². The average Bonchev–Trinajstić information content (AvgIpc) is 3.09. The van der Waals surface area contributed by atoms with Gasteiger partial charge in [-0.05, 0) is 24.3 Å². The van der Waals surface area contributed by atoms with Crippen molar-refractivity contribution in [2.45, 2.75) is 6.92 Å². The van der Waals surface area contributed by atoms with Crippen molar-refractivity contribution in [1.29, 1.82) is 0 Å². The van der Waals surface area contributed by atoms with Gasteiger partial charge in [0.1, 0.15) is 12.2 Å². The van der Waals surface area contributed by atoms with Gasteiger partial charge in [-0.3, -0.25) is 4.79 Å². The van der Waals surface area contributed by atoms with E-state index in [-0.39, 0.29) is 11.8 Å². The number of anilines is 1. The Hall–Kier alpha value is -3.26. The Kier molecular flexibility index (Phi) is 5.55. The Morgan fingerprint density at radius 1 is 1.23 bits per heavy atom. The summed E-state index contributed by atoms with van der Waals surface area (Å²) in [5.74, 6) is 0.866. The molecule has 0 fully saturated rings. The minimum absolute atomic E-state index is 0.256. The van der Waals surface area contributed by atoms with Crippen LogP contribution in [0.4, 0.5) is 5.69 Å². The van der Waals surface area contributed by atoms with Crippen LogP contribution in [0, 0.1) is 6.92 Å². The largest absolute Gasteiger partial charge is 0.475 e. The molecule has 1 N–H and O–H groups in total. The molecule has 3 rings (SSSR count). The summed E-state index contributed by atoms with van der Waals surface area (Å²) in [5, 5.41) is 6.71. The number of aromatic nitrogens is 3. The van der Waals surface area contributed by atoms with Gasteiger partial charge >= 0.3 is 0 Å². The molecular formula is C18H18N4O4. The molecule has 1 amide bonds. The molecule has 0 aliphatic heterocycles. The van der Waals surface area contributed by atoms with Gasteiger partial charge in [-0.25, -0.2) is 4.98 Å². The van der Waals surface area contributed by atoms with Crippen LogP contribution in [0.25, 0.3) is 11.4 Å². The standard InChI is InChI=1S/C18H18N4O4/c1-12-20-16(22-26-12)13-5-3-6-14(11-13)21-17(23)15-7-4-8-19-18(15)25-10-9-24-2/h3-8,11H,9-10H2,1-2H3,(H,21,23). The summed E-state index contributed by atoms with van der Waals surface area (Å²) in [6.07, 6.45) is 1.57. The number of carbonyl (C=O) groups is 1. The van der Waals surface area contributed by atoms with E-state index in [0.29, 0.717) is 36.2 Å². The van der Waals surface area contributed by atoms with Crippen molar-refractivity contribution >= 4 is 11.6 Å². The summed E-state index contributed by atoms with van der Waals surface area (Å²) in [5.41, 5.74) is 1.67. The number of amides is 1. The van der Waals surface area contributed by atoms with E-state index >= 15 is 0 Å². The number of benzene rings is 1. The topological polar surface area (TPSA) is 99.4 Å². The fraction of sp³-hybridized carbons (Fsp3) is 0.222. The third-order valence-corrected chi connectivity index (χ3v) is 3.45. The quantitative estimate of drug-likeness (QED) is 0.651. The SMILES string of the molecule is COCCOc1ncccc1C(=O)Nc1cccc(-c2noc(C)n2)c1. The molecule has 0 saturated carbocycles. The first-order valence-electron chi connectivity index (χ1n) is 7.96. The van der Waals surface area contributed by atoms with Crippen LogP contribution in [-0.2, 0) is 4.74 Å². The van der Waals surface area contributed by atoms with Crippen LogP contribution in [0.5, 0.6) is 5.88 Å². The van der Waals surface area contributed by atoms with Crippen molar-refractivity contribution in [1.82, 2.24) is 15.1 Å². The summed E-state index contributed by atoms with van der Waals surface area (Å²) in [4.78, 5) is 20.9. The fourth-order valence-corrected chi connectivity index (χ4v) is 2.25. The lowest BCUT2D eigenvalue weighted by Crippen LogP contribution is -2.15. The van der Waals surface area contributed by atoms with Gasteiger partial charge in [0.15, 0.2) is 0 Å². The Labute approximate surface area is 150 Å². The number of hydrogen-bond donors (Lipinski definition) is 1. The second-order valence-electron chi connectivity index (χ2n) is 5.37. The maximum absolute atomic E-state index is 12.6. The third kappa shape index (κ3) is 4.22. The zero-order chi connectivity index (χ0) is 18.4. The van der Waals surface area contributed by atoms with Gasteiger partial charge in [0.05, 0.1) is 6.61 Å². The van der Waals surface area contributed by atoms with Gasteiger partial charge < -0.3 is 19.3 Å². The lowest BCUT2D eigenvalue weighted by Gasteiger charge is -2.10. The summed E-state index contributed by atoms with van der Waals surface area (Å²) >= 11 is 0. The Bertz CT molecular complexity index is 894. The van der Waals surface area contributed by atoms with Crippen molar-refractivity contribution in [3.63, 3.8) is 0 Å². The van der Waals surface area contributed by atoms with Gasteiger partial charge in [0.25, 0.3) is 5.91 Å². The van der Waals surface area contributed by atoms with Crippen LogP contribution in [0.3, 0.4) is 0 Å². The second-order valence-corrected chi connectivity index (χ2v) is 5.37. The molecule has 0 atom stereocenters. The van der Waals surface area contributed by atoms with Gasteiger partial charge in [-0.15, -0.1) is 0 Å². The van der Waals surface area contributed by atoms with Crippen molar-refractivity contribution < 1.29 is 18.8 Å². The highest BCUT2D eigenvalue weighted by Gasteiger charge is 2.14. The van der Waals surface area contributed by atoms with Crippen LogP contribution in [-0.4, -0.2) is 41.4 Å². The number of aryl methyl sites for hydroxylation is 1. The molecule has 0 saturated heterocycles. The number of rotatable bonds is 7. The van der Waals surface area contributed by atoms with E-state index in [1.165, 1.54) is 0 Å². The smallest absolute Gasteiger partial charge is 0.261 e. The Morgan fingerprint density at radius 2 is 2.12 bits per heavy atom. The highest BCUT2D eigenvalue weighted by Crippen LogP contribution is 2.22. The summed E-state index contributed by atoms with van der Waals surface area (Å²) in [6.45, 7) is 2.43. The van der Waals surface area contributed by atoms with Crippen molar-refractivity contribution in [2.24, 2.45) is 0 Å². The zero-order valence-electron chi connectivity index (χ0n) is 14.4. The second kappa shape index (κ2) is 8.21. The van der Waals surface area contributed by atoms with E-state index in [9.17, 15) is 4.79 Å². The molecule has 0 radical (unpaired) electrons. The molecule has 0 bridgehead atoms. The van der Waals surface area contributed by atoms with Gasteiger partial charge in [-0.1, -0.05) is 17.3 Å². The van der Waals surface area contributed by atoms with Crippen molar-refractivity contribution in [2.75, 3.05) is 25.6 Å². The molecule has 1 aromatic carbocycles. The first kappa shape index (κ1) is 17.6. The number of hydrogen-bond acceptors (Lipinski definition) is 7. The maximum Gasteiger partial charge on any atom is 0.261 e. The van der Waals surface area contributed by atoms with Crippen molar-refractivity contribution in [3.8, 4) is 17.3 Å². The molecule has 0 unspecified atom stereocenters. The molecule has 0 aliphatic rings. The monoisotopic (exact) mass is 354 g/mol. The van der Waals surface area contributed by atoms with E-state index in [4.69, 9.17) is 14.0 Å². The Morgan fingerprint density at radius 3 is 2.88 bits per heavy atom. The molecule has 2 heterocycles. The maximum atomic E-state index is 12.6. The third-order valence-electron chi connectivity index (χ3n) is 3.45. The average molecular weight is 354 g/mol. The molecule has 8 nitrogen and oxygen atoms in total. The lowest BCUT2D eigenvalue weighted by atomic mass is 10.2. The highest BCUT2D eigenvalue weighted by atomic mass is 16.5. The normalized spacial score (nSPS) is 10.5. The van der Waals surface area contributed by atoms with E-state index < -0.39 is 0 Å². The predicted octanol–water partition coefficient (Wildman–Crippen LogP) is 2.72. The van der Waals surface area contributed by atoms with Gasteiger partial charge in [0.2, 0.25) is 17.6 Å². The first-order chi connectivity index (χ1) is 12.7. The van der Waals surface area contributed by atoms with Crippen LogP contribution in [0.1, 0.15) is 16.2 Å². The number of carbonyl (C=O) groups excluding carboxylic acids is 1. The number of nitrogens with one attached hydrogen (secondary N) is 1. The zero-order valence-corrected chi connectivity index (χ0v) is 14.4. The van der Waals surface area contributed by atoms with E-state index in [2.05, 4.69) is 20.4 Å². The predicted molar refractivity (Wildman–Crippen MR) is 94.0 cm³/mol. The van der Waals surface area contributed by atoms with Crippen LogP contribution in [0.15, 0.2) is 47.1 Å². The summed E-state index contributed by atoms with van der Waals surface area (Å²) in [7, 11) is 1.58. The lowest BCUT2D eigenvalue weighted by molar-refractivity contribution is 0.101. The minimum Gasteiger partial charge on any atom is -0.475 e. The molecule has 0 aliphatic carbocycles. The number of nitrogens with zero attached hydrogens (tertiary/aromatic N) is 3. The summed E-state index contributed by atoms with van der Waals surface area (Å²) < 4.78 is 15.4. The number of pyridine rings is 1. The fourth-order valence-electron chi connectivity index (χ4n) is 2.25. The molecule has 8 heteroatoms. The van der Waals surface area contributed by atoms with Crippen LogP contribution >= 0.6 is 0 Å². The van der Waals surface area contributed by atoms with E-state index in [0.717, 1.165) is 5.56 Å². The number of methoxy groups -OCH3 is 1. The van der Waals surface area contributed by atoms with Gasteiger partial charge in [-0.2, -0.15) is 4.98 Å². The Balaban J connectivity index is 1.76. The van der Waals surface area contributed by atoms with Crippen LogP contribution < -0.4 is 10.1 Å². The summed E-state index contributed by atoms with van der Waals surface area (Å²) in [6, 6.07) is 10.5. The molecule has 3 aromatic rings. The molecule has 134 valence electrons. The minimum atomic E-state index is -0.327.